The van der Waals surface area contributed by atoms with Gasteiger partial charge in [0.25, 0.3) is 20.0 Å². The molecule has 0 radical (unpaired) electrons. The molecule has 2 heterocycles. The number of hydrogen-bond acceptors (Lipinski definition) is 6. The van der Waals surface area contributed by atoms with Crippen LogP contribution in [-0.4, -0.2) is 39.0 Å². The topological polar surface area (TPSA) is 96.6 Å². The van der Waals surface area contributed by atoms with Crippen LogP contribution in [0.4, 0.5) is 0 Å². The normalized spacial score (nSPS) is 12.2. The van der Waals surface area contributed by atoms with Gasteiger partial charge in [0, 0.05) is 10.8 Å². The molecule has 0 atom stereocenters. The quantitative estimate of drug-likeness (QED) is 0.242. The van der Waals surface area contributed by atoms with Gasteiger partial charge in [-0.3, -0.25) is 0 Å². The number of fused-ring (bicyclic) bond motifs is 2. The molecule has 40 heavy (non-hydrogen) atoms. The molecule has 0 fully saturated rings. The largest absolute Gasteiger partial charge is 0.497 e. The van der Waals surface area contributed by atoms with Gasteiger partial charge in [0.05, 0.1) is 46.4 Å². The van der Waals surface area contributed by atoms with E-state index >= 15 is 0 Å². The maximum Gasteiger partial charge on any atom is 0.268 e. The Morgan fingerprint density at radius 1 is 0.500 bits per heavy atom. The van der Waals surface area contributed by atoms with Crippen molar-refractivity contribution in [2.45, 2.75) is 9.79 Å². The van der Waals surface area contributed by atoms with Gasteiger partial charge in [-0.1, -0.05) is 36.4 Å². The zero-order valence-electron chi connectivity index (χ0n) is 21.6. The summed E-state index contributed by atoms with van der Waals surface area (Å²) in [6.45, 7) is 0. The van der Waals surface area contributed by atoms with Gasteiger partial charge in [-0.2, -0.15) is 0 Å². The number of hydrogen-bond donors (Lipinski definition) is 0. The van der Waals surface area contributed by atoms with E-state index in [1.807, 2.05) is 0 Å². The van der Waals surface area contributed by atoms with E-state index in [9.17, 15) is 16.8 Å². The molecule has 0 saturated heterocycles. The van der Waals surface area contributed by atoms with Gasteiger partial charge >= 0.3 is 0 Å². The molecule has 202 valence electrons. The number of rotatable bonds is 7. The van der Waals surface area contributed by atoms with E-state index in [1.165, 1.54) is 46.4 Å². The van der Waals surface area contributed by atoms with Crippen molar-refractivity contribution in [3.8, 4) is 22.9 Å². The van der Waals surface area contributed by atoms with Gasteiger partial charge < -0.3 is 9.47 Å². The van der Waals surface area contributed by atoms with E-state index < -0.39 is 20.0 Å². The lowest BCUT2D eigenvalue weighted by Gasteiger charge is -2.16. The van der Waals surface area contributed by atoms with Crippen LogP contribution in [0.3, 0.4) is 0 Å². The second-order valence-electron chi connectivity index (χ2n) is 9.07. The summed E-state index contributed by atoms with van der Waals surface area (Å²) in [7, 11) is -5.32. The summed E-state index contributed by atoms with van der Waals surface area (Å²) in [6, 6.07) is 29.7. The second kappa shape index (κ2) is 9.58. The van der Waals surface area contributed by atoms with E-state index in [0.717, 1.165) is 0 Å². The Hall–Kier alpha value is -4.54. The second-order valence-corrected chi connectivity index (χ2v) is 12.6. The summed E-state index contributed by atoms with van der Waals surface area (Å²) in [5, 5.41) is 1.29. The first kappa shape index (κ1) is 25.7. The molecule has 4 aromatic carbocycles. The molecule has 0 aliphatic heterocycles. The summed E-state index contributed by atoms with van der Waals surface area (Å²) in [5.74, 6) is 1.03. The molecular formula is C30H24N2O6S2. The van der Waals surface area contributed by atoms with E-state index in [0.29, 0.717) is 33.3 Å². The minimum Gasteiger partial charge on any atom is -0.497 e. The van der Waals surface area contributed by atoms with Crippen LogP contribution in [-0.2, 0) is 20.0 Å². The average Bonchev–Trinajstić information content (AvgIpc) is 3.57. The molecule has 0 N–H and O–H groups in total. The fraction of sp³-hybridized carbons (Fsp3) is 0.0667. The maximum atomic E-state index is 14.2. The van der Waals surface area contributed by atoms with Crippen LogP contribution in [0, 0.1) is 0 Å². The van der Waals surface area contributed by atoms with Crippen molar-refractivity contribution in [3.05, 3.63) is 109 Å². The number of benzene rings is 4. The predicted molar refractivity (Wildman–Crippen MR) is 154 cm³/mol. The Morgan fingerprint density at radius 3 is 1.20 bits per heavy atom. The summed E-state index contributed by atoms with van der Waals surface area (Å²) >= 11 is 0. The zero-order valence-corrected chi connectivity index (χ0v) is 23.2. The molecule has 10 heteroatoms. The zero-order chi connectivity index (χ0) is 28.1. The summed E-state index contributed by atoms with van der Waals surface area (Å²) in [5.41, 5.74) is 1.27. The highest BCUT2D eigenvalue weighted by atomic mass is 32.2. The number of para-hydroxylation sites is 2. The van der Waals surface area contributed by atoms with E-state index in [-0.39, 0.29) is 21.2 Å². The summed E-state index contributed by atoms with van der Waals surface area (Å²) < 4.78 is 69.5. The van der Waals surface area contributed by atoms with E-state index in [4.69, 9.17) is 9.47 Å². The third kappa shape index (κ3) is 4.04. The fourth-order valence-corrected chi connectivity index (χ4v) is 7.88. The van der Waals surface area contributed by atoms with Crippen molar-refractivity contribution in [3.63, 3.8) is 0 Å². The van der Waals surface area contributed by atoms with Gasteiger partial charge in [-0.25, -0.2) is 24.8 Å². The molecule has 0 spiro atoms. The number of methoxy groups -OCH3 is 2. The third-order valence-corrected chi connectivity index (χ3v) is 10.3. The molecule has 0 aliphatic rings. The molecule has 0 aliphatic carbocycles. The molecule has 8 nitrogen and oxygen atoms in total. The molecule has 6 aromatic rings. The van der Waals surface area contributed by atoms with Crippen molar-refractivity contribution in [1.29, 1.82) is 0 Å². The molecule has 2 aromatic heterocycles. The van der Waals surface area contributed by atoms with Crippen LogP contribution in [0.5, 0.6) is 11.5 Å². The van der Waals surface area contributed by atoms with Gasteiger partial charge in [0.1, 0.15) is 11.5 Å². The highest BCUT2D eigenvalue weighted by molar-refractivity contribution is 7.90. The minimum atomic E-state index is -4.16. The minimum absolute atomic E-state index is 0.0385. The summed E-state index contributed by atoms with van der Waals surface area (Å²) in [4.78, 5) is 0.0770. The number of ether oxygens (including phenoxy) is 2. The van der Waals surface area contributed by atoms with Gasteiger partial charge in [0.2, 0.25) is 0 Å². The lowest BCUT2D eigenvalue weighted by Crippen LogP contribution is -2.18. The predicted octanol–water partition coefficient (Wildman–Crippen LogP) is 5.75. The molecular weight excluding hydrogens is 548 g/mol. The smallest absolute Gasteiger partial charge is 0.268 e. The van der Waals surface area contributed by atoms with Crippen molar-refractivity contribution in [2.24, 2.45) is 0 Å². The van der Waals surface area contributed by atoms with Crippen molar-refractivity contribution in [2.75, 3.05) is 14.2 Å². The Bertz CT molecular complexity index is 1940. The first-order valence-electron chi connectivity index (χ1n) is 12.3. The standard InChI is InChI=1S/C30H24N2O6S2/c1-37-23-11-15-25(16-12-23)39(33,34)31-27-9-5-3-7-21(27)19-29(31)30-20-22-8-4-6-10-28(22)32(30)40(35,36)26-17-13-24(38-2)14-18-26/h3-20H,1-2H3. The van der Waals surface area contributed by atoms with Crippen LogP contribution >= 0.6 is 0 Å². The SMILES string of the molecule is COc1ccc(S(=O)(=O)n2c(-c3cc4ccccc4n3S(=O)(=O)c3ccc(OC)cc3)cc3ccccc32)cc1. The monoisotopic (exact) mass is 572 g/mol. The van der Waals surface area contributed by atoms with Crippen molar-refractivity contribution in [1.82, 2.24) is 7.94 Å². The first-order valence-corrected chi connectivity index (χ1v) is 15.1. The Kier molecular flexibility index (Phi) is 6.16. The molecule has 0 amide bonds. The van der Waals surface area contributed by atoms with Crippen molar-refractivity contribution >= 4 is 41.9 Å². The van der Waals surface area contributed by atoms with Crippen LogP contribution < -0.4 is 9.47 Å². The lowest BCUT2D eigenvalue weighted by molar-refractivity contribution is 0.414. The maximum absolute atomic E-state index is 14.2. The van der Waals surface area contributed by atoms with Gasteiger partial charge in [-0.15, -0.1) is 0 Å². The van der Waals surface area contributed by atoms with E-state index in [2.05, 4.69) is 0 Å². The lowest BCUT2D eigenvalue weighted by atomic mass is 10.2. The Balaban J connectivity index is 1.67. The van der Waals surface area contributed by atoms with Gasteiger partial charge in [-0.05, 0) is 72.8 Å². The fourth-order valence-electron chi connectivity index (χ4n) is 4.84. The van der Waals surface area contributed by atoms with Crippen LogP contribution in [0.2, 0.25) is 0 Å². The first-order chi connectivity index (χ1) is 19.3. The van der Waals surface area contributed by atoms with Crippen LogP contribution in [0.25, 0.3) is 33.2 Å². The van der Waals surface area contributed by atoms with Gasteiger partial charge in [0.15, 0.2) is 0 Å². The molecule has 6 rings (SSSR count). The van der Waals surface area contributed by atoms with E-state index in [1.54, 1.807) is 84.9 Å². The number of nitrogens with zero attached hydrogens (tertiary/aromatic N) is 2. The Labute approximate surface area is 231 Å². The molecule has 0 unspecified atom stereocenters. The van der Waals surface area contributed by atoms with Crippen LogP contribution in [0.1, 0.15) is 0 Å². The summed E-state index contributed by atoms with van der Waals surface area (Å²) in [6.07, 6.45) is 0. The highest BCUT2D eigenvalue weighted by Crippen LogP contribution is 2.37. The average molecular weight is 573 g/mol. The van der Waals surface area contributed by atoms with Crippen LogP contribution in [0.15, 0.2) is 119 Å². The number of aromatic nitrogens is 2. The van der Waals surface area contributed by atoms with Crippen molar-refractivity contribution < 1.29 is 26.3 Å². The third-order valence-electron chi connectivity index (χ3n) is 6.79. The highest BCUT2D eigenvalue weighted by Gasteiger charge is 2.30. The molecule has 0 bridgehead atoms. The molecule has 0 saturated carbocycles. The Morgan fingerprint density at radius 2 is 0.850 bits per heavy atom.